The number of piperidine rings is 1. The molecule has 1 aliphatic rings. The topological polar surface area (TPSA) is 74.3 Å². The van der Waals surface area contributed by atoms with Crippen molar-refractivity contribution in [2.75, 3.05) is 18.4 Å². The van der Waals surface area contributed by atoms with Crippen molar-refractivity contribution in [2.24, 2.45) is 0 Å². The summed E-state index contributed by atoms with van der Waals surface area (Å²) in [4.78, 5) is 30.0. The van der Waals surface area contributed by atoms with Crippen molar-refractivity contribution in [1.82, 2.24) is 15.2 Å². The molecular weight excluding hydrogens is 359 g/mol. The molecule has 0 aliphatic carbocycles. The fourth-order valence-corrected chi connectivity index (χ4v) is 3.02. The van der Waals surface area contributed by atoms with E-state index in [4.69, 9.17) is 11.6 Å². The molecule has 6 nitrogen and oxygen atoms in total. The van der Waals surface area contributed by atoms with Gasteiger partial charge in [0.25, 0.3) is 5.91 Å². The number of carbonyl (C=O) groups excluding carboxylic acids is 2. The van der Waals surface area contributed by atoms with Gasteiger partial charge in [0.2, 0.25) is 0 Å². The first-order valence-electron chi connectivity index (χ1n) is 8.26. The van der Waals surface area contributed by atoms with Crippen LogP contribution in [0, 0.1) is 5.82 Å². The van der Waals surface area contributed by atoms with Gasteiger partial charge >= 0.3 is 6.03 Å². The molecule has 0 spiro atoms. The molecule has 136 valence electrons. The molecule has 1 aromatic carbocycles. The predicted octanol–water partition coefficient (Wildman–Crippen LogP) is 3.30. The summed E-state index contributed by atoms with van der Waals surface area (Å²) in [5, 5.41) is 5.72. The van der Waals surface area contributed by atoms with Gasteiger partial charge in [-0.05, 0) is 37.1 Å². The van der Waals surface area contributed by atoms with Crippen molar-refractivity contribution in [3.8, 4) is 0 Å². The lowest BCUT2D eigenvalue weighted by Gasteiger charge is -2.32. The van der Waals surface area contributed by atoms with E-state index in [0.29, 0.717) is 31.6 Å². The Bertz CT molecular complexity index is 809. The molecule has 1 aromatic heterocycles. The maximum absolute atomic E-state index is 13.8. The molecular formula is C18H18ClFN4O2. The first kappa shape index (κ1) is 18.1. The van der Waals surface area contributed by atoms with E-state index < -0.39 is 5.82 Å². The minimum atomic E-state index is -0.523. The molecule has 1 saturated heterocycles. The molecule has 3 rings (SSSR count). The molecule has 1 fully saturated rings. The van der Waals surface area contributed by atoms with Gasteiger partial charge in [-0.3, -0.25) is 4.79 Å². The van der Waals surface area contributed by atoms with Crippen LogP contribution in [-0.2, 0) is 0 Å². The summed E-state index contributed by atoms with van der Waals surface area (Å²) in [6.45, 7) is 0.900. The van der Waals surface area contributed by atoms with Crippen LogP contribution in [0.3, 0.4) is 0 Å². The fourth-order valence-electron chi connectivity index (χ4n) is 2.85. The molecule has 0 saturated carbocycles. The predicted molar refractivity (Wildman–Crippen MR) is 96.7 cm³/mol. The summed E-state index contributed by atoms with van der Waals surface area (Å²) in [7, 11) is 0. The zero-order valence-electron chi connectivity index (χ0n) is 13.9. The third kappa shape index (κ3) is 4.29. The van der Waals surface area contributed by atoms with Crippen molar-refractivity contribution in [3.63, 3.8) is 0 Å². The molecule has 2 N–H and O–H groups in total. The summed E-state index contributed by atoms with van der Waals surface area (Å²) >= 11 is 5.91. The summed E-state index contributed by atoms with van der Waals surface area (Å²) in [5.74, 6) is -0.849. The minimum Gasteiger partial charge on any atom is -0.338 e. The van der Waals surface area contributed by atoms with Gasteiger partial charge in [0.05, 0.1) is 11.3 Å². The second-order valence-corrected chi connectivity index (χ2v) is 6.34. The van der Waals surface area contributed by atoms with Crippen LogP contribution >= 0.6 is 11.6 Å². The Morgan fingerprint density at radius 2 is 1.88 bits per heavy atom. The highest BCUT2D eigenvalue weighted by Crippen LogP contribution is 2.18. The first-order valence-corrected chi connectivity index (χ1v) is 8.64. The number of benzene rings is 1. The molecule has 0 atom stereocenters. The quantitative estimate of drug-likeness (QED) is 0.807. The number of likely N-dealkylation sites (tertiary alicyclic amines) is 1. The Labute approximate surface area is 155 Å². The third-order valence-corrected chi connectivity index (χ3v) is 4.53. The third-order valence-electron chi connectivity index (χ3n) is 4.23. The summed E-state index contributed by atoms with van der Waals surface area (Å²) in [6, 6.07) is 8.82. The van der Waals surface area contributed by atoms with Crippen LogP contribution in [0.5, 0.6) is 0 Å². The number of nitrogens with zero attached hydrogens (tertiary/aromatic N) is 2. The Hall–Kier alpha value is -2.67. The van der Waals surface area contributed by atoms with E-state index in [9.17, 15) is 14.0 Å². The van der Waals surface area contributed by atoms with E-state index in [0.717, 1.165) is 0 Å². The second-order valence-electron chi connectivity index (χ2n) is 5.99. The van der Waals surface area contributed by atoms with Crippen LogP contribution in [0.25, 0.3) is 0 Å². The summed E-state index contributed by atoms with van der Waals surface area (Å²) < 4.78 is 13.8. The molecule has 26 heavy (non-hydrogen) atoms. The van der Waals surface area contributed by atoms with Crippen LogP contribution in [0.4, 0.5) is 14.9 Å². The van der Waals surface area contributed by atoms with Crippen LogP contribution in [-0.4, -0.2) is 41.0 Å². The molecule has 0 unspecified atom stereocenters. The Morgan fingerprint density at radius 1 is 1.15 bits per heavy atom. The van der Waals surface area contributed by atoms with E-state index in [-0.39, 0.29) is 28.7 Å². The first-order chi connectivity index (χ1) is 12.5. The molecule has 3 amide bonds. The monoisotopic (exact) mass is 376 g/mol. The number of urea groups is 1. The van der Waals surface area contributed by atoms with Crippen LogP contribution < -0.4 is 10.6 Å². The zero-order chi connectivity index (χ0) is 18.5. The highest BCUT2D eigenvalue weighted by molar-refractivity contribution is 6.32. The molecule has 2 heterocycles. The molecule has 1 aliphatic heterocycles. The maximum atomic E-state index is 13.8. The number of pyridine rings is 1. The highest BCUT2D eigenvalue weighted by Gasteiger charge is 2.26. The van der Waals surface area contributed by atoms with Crippen molar-refractivity contribution in [3.05, 3.63) is 59.1 Å². The fraction of sp³-hybridized carbons (Fsp3) is 0.278. The minimum absolute atomic E-state index is 0.0721. The maximum Gasteiger partial charge on any atom is 0.319 e. The zero-order valence-corrected chi connectivity index (χ0v) is 14.7. The summed E-state index contributed by atoms with van der Waals surface area (Å²) in [6.07, 6.45) is 2.72. The number of aromatic nitrogens is 1. The van der Waals surface area contributed by atoms with Crippen LogP contribution in [0.15, 0.2) is 42.6 Å². The van der Waals surface area contributed by atoms with Crippen LogP contribution in [0.2, 0.25) is 5.15 Å². The SMILES string of the molecule is O=C(Nc1cccnc1Cl)NC1CCN(C(=O)c2ccccc2F)CC1. The number of anilines is 1. The van der Waals surface area contributed by atoms with E-state index in [2.05, 4.69) is 15.6 Å². The molecule has 0 radical (unpaired) electrons. The average molecular weight is 377 g/mol. The Balaban J connectivity index is 1.51. The summed E-state index contributed by atoms with van der Waals surface area (Å²) in [5.41, 5.74) is 0.502. The Kier molecular flexibility index (Phi) is 5.68. The average Bonchev–Trinajstić information content (AvgIpc) is 2.64. The molecule has 8 heteroatoms. The Morgan fingerprint density at radius 3 is 2.58 bits per heavy atom. The van der Waals surface area contributed by atoms with E-state index in [1.54, 1.807) is 29.2 Å². The van der Waals surface area contributed by atoms with Gasteiger partial charge in [0.1, 0.15) is 5.82 Å². The van der Waals surface area contributed by atoms with Gasteiger partial charge < -0.3 is 15.5 Å². The van der Waals surface area contributed by atoms with E-state index >= 15 is 0 Å². The largest absolute Gasteiger partial charge is 0.338 e. The van der Waals surface area contributed by atoms with Crippen LogP contribution in [0.1, 0.15) is 23.2 Å². The van der Waals surface area contributed by atoms with Gasteiger partial charge in [0, 0.05) is 25.3 Å². The number of carbonyl (C=O) groups is 2. The van der Waals surface area contributed by atoms with Gasteiger partial charge in [0.15, 0.2) is 5.15 Å². The number of halogens is 2. The van der Waals surface area contributed by atoms with Crippen molar-refractivity contribution < 1.29 is 14.0 Å². The normalized spacial score (nSPS) is 14.8. The second kappa shape index (κ2) is 8.14. The lowest BCUT2D eigenvalue weighted by molar-refractivity contribution is 0.0704. The molecule has 0 bridgehead atoms. The number of amides is 3. The lowest BCUT2D eigenvalue weighted by Crippen LogP contribution is -2.47. The number of nitrogens with one attached hydrogen (secondary N) is 2. The van der Waals surface area contributed by atoms with Gasteiger partial charge in [-0.2, -0.15) is 0 Å². The number of rotatable bonds is 3. The van der Waals surface area contributed by atoms with Gasteiger partial charge in [-0.15, -0.1) is 0 Å². The number of hydrogen-bond acceptors (Lipinski definition) is 3. The standard InChI is InChI=1S/C18H18ClFN4O2/c19-16-15(6-3-9-21-16)23-18(26)22-12-7-10-24(11-8-12)17(25)13-4-1-2-5-14(13)20/h1-6,9,12H,7-8,10-11H2,(H2,22,23,26). The highest BCUT2D eigenvalue weighted by atomic mass is 35.5. The van der Waals surface area contributed by atoms with E-state index in [1.807, 2.05) is 0 Å². The van der Waals surface area contributed by atoms with Gasteiger partial charge in [-0.25, -0.2) is 14.2 Å². The number of hydrogen-bond donors (Lipinski definition) is 2. The van der Waals surface area contributed by atoms with Gasteiger partial charge in [-0.1, -0.05) is 23.7 Å². The molecule has 2 aromatic rings. The van der Waals surface area contributed by atoms with Crippen molar-refractivity contribution in [2.45, 2.75) is 18.9 Å². The van der Waals surface area contributed by atoms with E-state index in [1.165, 1.54) is 18.3 Å². The lowest BCUT2D eigenvalue weighted by atomic mass is 10.0. The van der Waals surface area contributed by atoms with Crippen molar-refractivity contribution in [1.29, 1.82) is 0 Å². The smallest absolute Gasteiger partial charge is 0.319 e. The van der Waals surface area contributed by atoms with Crippen molar-refractivity contribution >= 4 is 29.2 Å².